The molecule has 0 fully saturated rings. The lowest BCUT2D eigenvalue weighted by Crippen LogP contribution is -2.07. The smallest absolute Gasteiger partial charge is 0.378 e. The molecule has 0 bridgehead atoms. The predicted molar refractivity (Wildman–Crippen MR) is 83.4 cm³/mol. The van der Waals surface area contributed by atoms with Gasteiger partial charge in [-0.3, -0.25) is 4.98 Å². The molecule has 2 rings (SSSR count). The van der Waals surface area contributed by atoms with Crippen molar-refractivity contribution in [2.45, 2.75) is 12.7 Å². The fourth-order valence-corrected chi connectivity index (χ4v) is 2.90. The third kappa shape index (κ3) is 4.34. The van der Waals surface area contributed by atoms with Crippen LogP contribution in [0.3, 0.4) is 0 Å². The largest absolute Gasteiger partial charge is 0.416 e. The zero-order valence-corrected chi connectivity index (χ0v) is 14.2. The summed E-state index contributed by atoms with van der Waals surface area (Å²) in [4.78, 5) is 4.17. The number of nitrogens with zero attached hydrogens (tertiary/aromatic N) is 1. The molecule has 0 spiro atoms. The van der Waals surface area contributed by atoms with Crippen LogP contribution < -0.4 is 5.32 Å². The van der Waals surface area contributed by atoms with Gasteiger partial charge in [0.05, 0.1) is 28.5 Å². The second kappa shape index (κ2) is 6.54. The summed E-state index contributed by atoms with van der Waals surface area (Å²) < 4.78 is 39.6. The minimum Gasteiger partial charge on any atom is -0.378 e. The molecular formula is C13H8Br2ClF3N2. The van der Waals surface area contributed by atoms with Crippen LogP contribution in [0.25, 0.3) is 0 Å². The first-order valence-electron chi connectivity index (χ1n) is 5.68. The Balaban J connectivity index is 2.19. The van der Waals surface area contributed by atoms with Crippen molar-refractivity contribution in [3.63, 3.8) is 0 Å². The number of rotatable bonds is 3. The zero-order chi connectivity index (χ0) is 15.6. The summed E-state index contributed by atoms with van der Waals surface area (Å²) in [6.07, 6.45) is -2.80. The van der Waals surface area contributed by atoms with Crippen LogP contribution in [-0.2, 0) is 12.7 Å². The van der Waals surface area contributed by atoms with Crippen molar-refractivity contribution in [3.05, 3.63) is 55.7 Å². The summed E-state index contributed by atoms with van der Waals surface area (Å²) in [6.45, 7) is 0.245. The maximum Gasteiger partial charge on any atom is 0.416 e. The Hall–Kier alpha value is -0.790. The molecule has 0 radical (unpaired) electrons. The minimum absolute atomic E-state index is 0.211. The highest BCUT2D eigenvalue weighted by Gasteiger charge is 2.30. The third-order valence-corrected chi connectivity index (χ3v) is 4.07. The molecule has 0 saturated carbocycles. The highest BCUT2D eigenvalue weighted by molar-refractivity contribution is 9.11. The lowest BCUT2D eigenvalue weighted by Gasteiger charge is -2.12. The predicted octanol–water partition coefficient (Wildman–Crippen LogP) is 5.89. The molecule has 1 aromatic heterocycles. The van der Waals surface area contributed by atoms with Crippen molar-refractivity contribution < 1.29 is 13.2 Å². The molecule has 8 heteroatoms. The fraction of sp³-hybridized carbons (Fsp3) is 0.154. The number of halogens is 6. The number of anilines is 1. The monoisotopic (exact) mass is 442 g/mol. The lowest BCUT2D eigenvalue weighted by molar-refractivity contribution is -0.137. The quantitative estimate of drug-likeness (QED) is 0.639. The molecule has 0 aliphatic carbocycles. The van der Waals surface area contributed by atoms with E-state index in [1.807, 2.05) is 0 Å². The van der Waals surface area contributed by atoms with E-state index in [9.17, 15) is 13.2 Å². The van der Waals surface area contributed by atoms with Gasteiger partial charge in [-0.1, -0.05) is 11.6 Å². The van der Waals surface area contributed by atoms with Gasteiger partial charge in [0.25, 0.3) is 0 Å². The van der Waals surface area contributed by atoms with Gasteiger partial charge in [0, 0.05) is 15.1 Å². The lowest BCUT2D eigenvalue weighted by atomic mass is 10.2. The highest BCUT2D eigenvalue weighted by atomic mass is 79.9. The molecule has 0 saturated heterocycles. The van der Waals surface area contributed by atoms with Crippen LogP contribution in [0.4, 0.5) is 18.9 Å². The van der Waals surface area contributed by atoms with Crippen molar-refractivity contribution >= 4 is 49.1 Å². The van der Waals surface area contributed by atoms with Crippen molar-refractivity contribution in [3.8, 4) is 0 Å². The first-order chi connectivity index (χ1) is 9.77. The maximum absolute atomic E-state index is 12.7. The topological polar surface area (TPSA) is 24.9 Å². The Morgan fingerprint density at radius 1 is 1.19 bits per heavy atom. The van der Waals surface area contributed by atoms with Crippen LogP contribution in [0.15, 0.2) is 39.4 Å². The molecule has 1 heterocycles. The normalized spacial score (nSPS) is 11.5. The molecule has 112 valence electrons. The molecule has 2 aromatic rings. The fourth-order valence-electron chi connectivity index (χ4n) is 1.59. The Morgan fingerprint density at radius 3 is 2.52 bits per heavy atom. The average Bonchev–Trinajstić information content (AvgIpc) is 2.38. The summed E-state index contributed by atoms with van der Waals surface area (Å²) in [5.74, 6) is 0. The summed E-state index contributed by atoms with van der Waals surface area (Å²) >= 11 is 12.5. The van der Waals surface area contributed by atoms with Crippen LogP contribution in [0.5, 0.6) is 0 Å². The van der Waals surface area contributed by atoms with Gasteiger partial charge in [-0.2, -0.15) is 13.2 Å². The van der Waals surface area contributed by atoms with Gasteiger partial charge in [0.1, 0.15) is 0 Å². The number of hydrogen-bond donors (Lipinski definition) is 1. The van der Waals surface area contributed by atoms with Gasteiger partial charge in [-0.15, -0.1) is 0 Å². The molecule has 2 nitrogen and oxygen atoms in total. The van der Waals surface area contributed by atoms with E-state index in [-0.39, 0.29) is 17.3 Å². The van der Waals surface area contributed by atoms with Crippen molar-refractivity contribution in [2.24, 2.45) is 0 Å². The maximum atomic E-state index is 12.7. The first-order valence-corrected chi connectivity index (χ1v) is 7.64. The van der Waals surface area contributed by atoms with Crippen LogP contribution in [0.2, 0.25) is 5.02 Å². The molecule has 1 aromatic carbocycles. The number of nitrogens with one attached hydrogen (secondary N) is 1. The minimum atomic E-state index is -4.41. The number of aromatic nitrogens is 1. The van der Waals surface area contributed by atoms with E-state index in [0.29, 0.717) is 5.69 Å². The number of benzene rings is 1. The molecular weight excluding hydrogens is 436 g/mol. The molecule has 0 aliphatic rings. The van der Waals surface area contributed by atoms with E-state index in [0.717, 1.165) is 21.1 Å². The Morgan fingerprint density at radius 2 is 1.90 bits per heavy atom. The van der Waals surface area contributed by atoms with Crippen LogP contribution in [0.1, 0.15) is 11.3 Å². The number of hydrogen-bond acceptors (Lipinski definition) is 2. The van der Waals surface area contributed by atoms with E-state index in [1.165, 1.54) is 6.07 Å². The second-order valence-electron chi connectivity index (χ2n) is 4.13. The number of alkyl halides is 3. The average molecular weight is 444 g/mol. The summed E-state index contributed by atoms with van der Waals surface area (Å²) in [5, 5.41) is 3.08. The standard InChI is InChI=1S/C13H8Br2ClF3N2/c14-8-4-9(15)12(20-5-8)6-21-11-3-7(13(17,18)19)1-2-10(11)16/h1-5,21H,6H2. The van der Waals surface area contributed by atoms with E-state index in [1.54, 1.807) is 12.3 Å². The summed E-state index contributed by atoms with van der Waals surface area (Å²) in [5.41, 5.74) is 0.118. The SMILES string of the molecule is FC(F)(F)c1ccc(Cl)c(NCc2ncc(Br)cc2Br)c1. The van der Waals surface area contributed by atoms with Gasteiger partial charge >= 0.3 is 6.18 Å². The van der Waals surface area contributed by atoms with Gasteiger partial charge in [0.2, 0.25) is 0 Å². The Bertz CT molecular complexity index is 662. The van der Waals surface area contributed by atoms with E-state index in [2.05, 4.69) is 42.2 Å². The summed E-state index contributed by atoms with van der Waals surface area (Å²) in [7, 11) is 0. The Kier molecular flexibility index (Phi) is 5.16. The van der Waals surface area contributed by atoms with Crippen molar-refractivity contribution in [1.29, 1.82) is 0 Å². The number of pyridine rings is 1. The van der Waals surface area contributed by atoms with Crippen LogP contribution >= 0.6 is 43.5 Å². The molecule has 1 N–H and O–H groups in total. The zero-order valence-electron chi connectivity index (χ0n) is 10.3. The highest BCUT2D eigenvalue weighted by Crippen LogP contribution is 2.34. The van der Waals surface area contributed by atoms with Crippen LogP contribution in [0, 0.1) is 0 Å². The summed E-state index contributed by atoms with van der Waals surface area (Å²) in [6, 6.07) is 4.95. The second-order valence-corrected chi connectivity index (χ2v) is 6.31. The Labute approximate surface area is 141 Å². The molecule has 0 amide bonds. The van der Waals surface area contributed by atoms with E-state index >= 15 is 0 Å². The third-order valence-electron chi connectivity index (χ3n) is 2.62. The molecule has 21 heavy (non-hydrogen) atoms. The van der Waals surface area contributed by atoms with Gasteiger partial charge in [-0.25, -0.2) is 0 Å². The van der Waals surface area contributed by atoms with Crippen molar-refractivity contribution in [1.82, 2.24) is 4.98 Å². The molecule has 0 unspecified atom stereocenters. The molecule has 0 atom stereocenters. The van der Waals surface area contributed by atoms with Crippen LogP contribution in [-0.4, -0.2) is 4.98 Å². The van der Waals surface area contributed by atoms with Gasteiger partial charge < -0.3 is 5.32 Å². The van der Waals surface area contributed by atoms with E-state index in [4.69, 9.17) is 11.6 Å². The van der Waals surface area contributed by atoms with Crippen molar-refractivity contribution in [2.75, 3.05) is 5.32 Å². The van der Waals surface area contributed by atoms with E-state index < -0.39 is 11.7 Å². The first kappa shape index (κ1) is 16.6. The molecule has 0 aliphatic heterocycles. The van der Waals surface area contributed by atoms with Gasteiger partial charge in [-0.05, 0) is 56.1 Å². The van der Waals surface area contributed by atoms with Gasteiger partial charge in [0.15, 0.2) is 0 Å².